The second-order valence-corrected chi connectivity index (χ2v) is 4.80. The first-order valence-corrected chi connectivity index (χ1v) is 7.07. The van der Waals surface area contributed by atoms with Crippen LogP contribution in [0.2, 0.25) is 0 Å². The van der Waals surface area contributed by atoms with E-state index in [1.165, 1.54) is 0 Å². The number of carbonyl (C=O) groups is 1. The SMILES string of the molecule is C=CCCCCCOc1ccc2ccccc2c1C=O. The fourth-order valence-electron chi connectivity index (χ4n) is 2.27. The van der Waals surface area contributed by atoms with E-state index in [2.05, 4.69) is 6.58 Å². The number of hydrogen-bond donors (Lipinski definition) is 0. The van der Waals surface area contributed by atoms with Crippen LogP contribution in [0.15, 0.2) is 49.1 Å². The molecule has 0 amide bonds. The van der Waals surface area contributed by atoms with Crippen LogP contribution in [-0.4, -0.2) is 12.9 Å². The quantitative estimate of drug-likeness (QED) is 0.391. The molecule has 0 heterocycles. The molecule has 2 aromatic rings. The van der Waals surface area contributed by atoms with Crippen LogP contribution < -0.4 is 4.74 Å². The van der Waals surface area contributed by atoms with Gasteiger partial charge in [0.25, 0.3) is 0 Å². The van der Waals surface area contributed by atoms with E-state index >= 15 is 0 Å². The molecule has 0 saturated heterocycles. The average molecular weight is 268 g/mol. The van der Waals surface area contributed by atoms with E-state index < -0.39 is 0 Å². The van der Waals surface area contributed by atoms with E-state index in [1.54, 1.807) is 0 Å². The molecule has 0 radical (unpaired) electrons. The summed E-state index contributed by atoms with van der Waals surface area (Å²) < 4.78 is 5.76. The highest BCUT2D eigenvalue weighted by Crippen LogP contribution is 2.26. The van der Waals surface area contributed by atoms with Crippen LogP contribution in [-0.2, 0) is 0 Å². The van der Waals surface area contributed by atoms with E-state index in [1.807, 2.05) is 42.5 Å². The lowest BCUT2D eigenvalue weighted by atomic mass is 10.0. The van der Waals surface area contributed by atoms with Gasteiger partial charge in [0.05, 0.1) is 12.2 Å². The molecule has 0 aliphatic carbocycles. The molecule has 2 rings (SSSR count). The van der Waals surface area contributed by atoms with Crippen molar-refractivity contribution in [3.63, 3.8) is 0 Å². The molecule has 20 heavy (non-hydrogen) atoms. The maximum Gasteiger partial charge on any atom is 0.154 e. The highest BCUT2D eigenvalue weighted by atomic mass is 16.5. The molecule has 0 unspecified atom stereocenters. The maximum atomic E-state index is 11.3. The number of rotatable bonds is 8. The van der Waals surface area contributed by atoms with Crippen molar-refractivity contribution < 1.29 is 9.53 Å². The van der Waals surface area contributed by atoms with E-state index in [4.69, 9.17) is 4.74 Å². The summed E-state index contributed by atoms with van der Waals surface area (Å²) in [6.45, 7) is 4.36. The number of aldehydes is 1. The topological polar surface area (TPSA) is 26.3 Å². The Morgan fingerprint density at radius 1 is 1.05 bits per heavy atom. The zero-order valence-corrected chi connectivity index (χ0v) is 11.7. The molecule has 0 aliphatic rings. The summed E-state index contributed by atoms with van der Waals surface area (Å²) in [4.78, 5) is 11.3. The number of hydrogen-bond acceptors (Lipinski definition) is 2. The molecule has 104 valence electrons. The van der Waals surface area contributed by atoms with Gasteiger partial charge >= 0.3 is 0 Å². The van der Waals surface area contributed by atoms with Gasteiger partial charge in [-0.05, 0) is 42.5 Å². The van der Waals surface area contributed by atoms with Gasteiger partial charge in [-0.3, -0.25) is 4.79 Å². The van der Waals surface area contributed by atoms with Gasteiger partial charge in [-0.2, -0.15) is 0 Å². The van der Waals surface area contributed by atoms with Crippen LogP contribution >= 0.6 is 0 Å². The largest absolute Gasteiger partial charge is 0.493 e. The van der Waals surface area contributed by atoms with Crippen LogP contribution in [0.4, 0.5) is 0 Å². The van der Waals surface area contributed by atoms with Crippen LogP contribution in [0.25, 0.3) is 10.8 Å². The minimum atomic E-state index is 0.647. The first kappa shape index (κ1) is 14.3. The lowest BCUT2D eigenvalue weighted by molar-refractivity contribution is 0.112. The Labute approximate surface area is 120 Å². The van der Waals surface area contributed by atoms with Gasteiger partial charge in [0.2, 0.25) is 0 Å². The van der Waals surface area contributed by atoms with Gasteiger partial charge in [0.1, 0.15) is 5.75 Å². The van der Waals surface area contributed by atoms with Crippen molar-refractivity contribution in [1.29, 1.82) is 0 Å². The fourth-order valence-corrected chi connectivity index (χ4v) is 2.27. The Kier molecular flexibility index (Phi) is 5.36. The molecule has 0 saturated carbocycles. The van der Waals surface area contributed by atoms with E-state index in [9.17, 15) is 4.79 Å². The zero-order valence-electron chi connectivity index (χ0n) is 11.7. The summed E-state index contributed by atoms with van der Waals surface area (Å²) >= 11 is 0. The zero-order chi connectivity index (χ0) is 14.2. The van der Waals surface area contributed by atoms with Gasteiger partial charge in [0.15, 0.2) is 6.29 Å². The molecule has 0 fully saturated rings. The minimum Gasteiger partial charge on any atom is -0.493 e. The number of unbranched alkanes of at least 4 members (excludes halogenated alkanes) is 3. The molecule has 0 N–H and O–H groups in total. The molecular weight excluding hydrogens is 248 g/mol. The fraction of sp³-hybridized carbons (Fsp3) is 0.278. The first-order valence-electron chi connectivity index (χ1n) is 7.07. The molecule has 0 bridgehead atoms. The maximum absolute atomic E-state index is 11.3. The third-order valence-corrected chi connectivity index (χ3v) is 3.36. The van der Waals surface area contributed by atoms with Crippen molar-refractivity contribution >= 4 is 17.1 Å². The van der Waals surface area contributed by atoms with E-state index in [-0.39, 0.29) is 0 Å². The summed E-state index contributed by atoms with van der Waals surface area (Å²) in [6.07, 6.45) is 7.14. The lowest BCUT2D eigenvalue weighted by Gasteiger charge is -2.10. The van der Waals surface area contributed by atoms with Crippen molar-refractivity contribution in [3.05, 3.63) is 54.6 Å². The molecule has 0 spiro atoms. The number of fused-ring (bicyclic) bond motifs is 1. The highest BCUT2D eigenvalue weighted by Gasteiger charge is 2.07. The van der Waals surface area contributed by atoms with E-state index in [0.717, 1.165) is 42.7 Å². The molecule has 0 aliphatic heterocycles. The Morgan fingerprint density at radius 2 is 1.90 bits per heavy atom. The van der Waals surface area contributed by atoms with Crippen LogP contribution in [0.1, 0.15) is 36.0 Å². The Bertz CT molecular complexity index is 587. The van der Waals surface area contributed by atoms with Crippen LogP contribution in [0.3, 0.4) is 0 Å². The molecule has 2 aromatic carbocycles. The smallest absolute Gasteiger partial charge is 0.154 e. The third-order valence-electron chi connectivity index (χ3n) is 3.36. The number of allylic oxidation sites excluding steroid dienone is 1. The monoisotopic (exact) mass is 268 g/mol. The molecular formula is C18H20O2. The lowest BCUT2D eigenvalue weighted by Crippen LogP contribution is -2.00. The summed E-state index contributed by atoms with van der Waals surface area (Å²) in [6, 6.07) is 11.7. The normalized spacial score (nSPS) is 10.4. The number of benzene rings is 2. The highest BCUT2D eigenvalue weighted by molar-refractivity contribution is 6.00. The van der Waals surface area contributed by atoms with Crippen LogP contribution in [0, 0.1) is 0 Å². The van der Waals surface area contributed by atoms with Crippen molar-refractivity contribution in [2.75, 3.05) is 6.61 Å². The molecule has 0 aromatic heterocycles. The van der Waals surface area contributed by atoms with Crippen molar-refractivity contribution in [2.24, 2.45) is 0 Å². The van der Waals surface area contributed by atoms with Crippen molar-refractivity contribution in [2.45, 2.75) is 25.7 Å². The van der Waals surface area contributed by atoms with Gasteiger partial charge in [-0.25, -0.2) is 0 Å². The summed E-state index contributed by atoms with van der Waals surface area (Å²) in [5, 5.41) is 2.01. The Morgan fingerprint density at radius 3 is 2.70 bits per heavy atom. The minimum absolute atomic E-state index is 0.647. The third kappa shape index (κ3) is 3.47. The first-order chi connectivity index (χ1) is 9.86. The van der Waals surface area contributed by atoms with Crippen LogP contribution in [0.5, 0.6) is 5.75 Å². The Balaban J connectivity index is 2.02. The predicted molar refractivity (Wildman–Crippen MR) is 83.5 cm³/mol. The Hall–Kier alpha value is -2.09. The summed E-state index contributed by atoms with van der Waals surface area (Å²) in [5.41, 5.74) is 0.647. The average Bonchev–Trinajstić information content (AvgIpc) is 2.50. The number of carbonyl (C=O) groups excluding carboxylic acids is 1. The van der Waals surface area contributed by atoms with Crippen molar-refractivity contribution in [3.8, 4) is 5.75 Å². The molecule has 2 heteroatoms. The second kappa shape index (κ2) is 7.49. The van der Waals surface area contributed by atoms with Crippen molar-refractivity contribution in [1.82, 2.24) is 0 Å². The number of ether oxygens (including phenoxy) is 1. The van der Waals surface area contributed by atoms with Gasteiger partial charge in [-0.1, -0.05) is 36.4 Å². The predicted octanol–water partition coefficient (Wildman–Crippen LogP) is 4.78. The molecule has 2 nitrogen and oxygen atoms in total. The van der Waals surface area contributed by atoms with E-state index in [0.29, 0.717) is 17.9 Å². The van der Waals surface area contributed by atoms with Gasteiger partial charge in [0, 0.05) is 0 Å². The second-order valence-electron chi connectivity index (χ2n) is 4.80. The summed E-state index contributed by atoms with van der Waals surface area (Å²) in [5.74, 6) is 0.683. The van der Waals surface area contributed by atoms with Gasteiger partial charge in [-0.15, -0.1) is 6.58 Å². The summed E-state index contributed by atoms with van der Waals surface area (Å²) in [7, 11) is 0. The van der Waals surface area contributed by atoms with Gasteiger partial charge < -0.3 is 4.74 Å². The standard InChI is InChI=1S/C18H20O2/c1-2-3-4-5-8-13-20-18-12-11-15-9-6-7-10-16(15)17(18)14-19/h2,6-7,9-12,14H,1,3-5,8,13H2. The molecule has 0 atom stereocenters.